The molecule has 0 spiro atoms. The van der Waals surface area contributed by atoms with Gasteiger partial charge >= 0.3 is 8.25 Å². The molecule has 3 N–H and O–H groups in total. The number of nitrogens with two attached hydrogens (primary N) is 1. The number of hydrogen-bond donors (Lipinski definition) is 2. The quantitative estimate of drug-likeness (QED) is 0.734. The van der Waals surface area contributed by atoms with E-state index in [0.29, 0.717) is 17.8 Å². The molecule has 5 unspecified atom stereocenters. The highest BCUT2D eigenvalue weighted by atomic mass is 31.1. The zero-order valence-corrected chi connectivity index (χ0v) is 14.4. The van der Waals surface area contributed by atoms with Crippen LogP contribution in [-0.2, 0) is 18.3 Å². The Bertz CT molecular complexity index is 842. The Kier molecular flexibility index (Phi) is 3.85. The molecule has 25 heavy (non-hydrogen) atoms. The molecule has 4 heterocycles. The Labute approximate surface area is 143 Å². The fourth-order valence-electron chi connectivity index (χ4n) is 3.11. The molecule has 0 amide bonds. The van der Waals surface area contributed by atoms with Gasteiger partial charge in [0.2, 0.25) is 11.8 Å². The first-order valence-corrected chi connectivity index (χ1v) is 8.79. The lowest BCUT2D eigenvalue weighted by Gasteiger charge is -2.27. The van der Waals surface area contributed by atoms with Gasteiger partial charge in [0.1, 0.15) is 18.3 Å². The monoisotopic (exact) mass is 370 g/mol. The number of nitrogens with zero attached hydrogens (tertiary/aromatic N) is 4. The van der Waals surface area contributed by atoms with Crippen molar-refractivity contribution in [3.05, 3.63) is 6.33 Å². The maximum atomic E-state index is 11.5. The van der Waals surface area contributed by atoms with Crippen LogP contribution in [0.25, 0.3) is 11.2 Å². The van der Waals surface area contributed by atoms with Gasteiger partial charge in [-0.1, -0.05) is 0 Å². The molecule has 2 aliphatic heterocycles. The fourth-order valence-corrected chi connectivity index (χ4v) is 3.98. The van der Waals surface area contributed by atoms with Crippen LogP contribution in [-0.4, -0.2) is 55.6 Å². The van der Waals surface area contributed by atoms with E-state index in [1.165, 1.54) is 17.8 Å². The molecular weight excluding hydrogens is 353 g/mol. The van der Waals surface area contributed by atoms with Crippen molar-refractivity contribution in [2.75, 3.05) is 18.9 Å². The van der Waals surface area contributed by atoms with E-state index in [4.69, 9.17) is 24.3 Å². The number of nitrogen functional groups attached to an aromatic ring is 1. The largest absolute Gasteiger partial charge is 0.697 e. The molecule has 2 aromatic heterocycles. The van der Waals surface area contributed by atoms with E-state index >= 15 is 0 Å². The molecule has 0 saturated carbocycles. The van der Waals surface area contributed by atoms with Gasteiger partial charge in [0.15, 0.2) is 23.5 Å². The van der Waals surface area contributed by atoms with Crippen LogP contribution in [0.5, 0.6) is 5.88 Å². The Balaban J connectivity index is 1.78. The molecule has 5 atom stereocenters. The SMILES string of the molecule is CCOc1nc(N)nc2c1ncn2C1OC2CO[P+](=O)OC2C1(C)O. The zero-order valence-electron chi connectivity index (χ0n) is 13.5. The Morgan fingerprint density at radius 2 is 2.36 bits per heavy atom. The standard InChI is InChI=1S/C13H17N5O6P/c1-3-21-10-7-9(16-12(14)17-10)18(5-15-7)11-13(2,19)8-6(23-11)4-22-25(20)24-8/h5-6,8,11,19H,3-4H2,1-2H3,(H2,14,16,17)/q+1. The number of hydrogen-bond acceptors (Lipinski definition) is 10. The molecule has 0 aliphatic carbocycles. The molecule has 2 saturated heterocycles. The minimum atomic E-state index is -2.29. The average molecular weight is 370 g/mol. The lowest BCUT2D eigenvalue weighted by atomic mass is 9.96. The second kappa shape index (κ2) is 5.82. The number of anilines is 1. The third kappa shape index (κ3) is 2.55. The van der Waals surface area contributed by atoms with Gasteiger partial charge in [-0.25, -0.2) is 4.98 Å². The minimum Gasteiger partial charge on any atom is -0.476 e. The van der Waals surface area contributed by atoms with Crippen LogP contribution in [0.3, 0.4) is 0 Å². The molecule has 11 nitrogen and oxygen atoms in total. The molecule has 2 aromatic rings. The smallest absolute Gasteiger partial charge is 0.476 e. The molecule has 12 heteroatoms. The molecule has 2 fully saturated rings. The Morgan fingerprint density at radius 3 is 3.12 bits per heavy atom. The summed E-state index contributed by atoms with van der Waals surface area (Å²) in [4.78, 5) is 12.5. The van der Waals surface area contributed by atoms with Crippen molar-refractivity contribution in [2.24, 2.45) is 0 Å². The van der Waals surface area contributed by atoms with Gasteiger partial charge in [-0.05, 0) is 13.8 Å². The van der Waals surface area contributed by atoms with E-state index < -0.39 is 32.3 Å². The van der Waals surface area contributed by atoms with Crippen LogP contribution in [0.1, 0.15) is 20.1 Å². The molecule has 0 bridgehead atoms. The number of imidazole rings is 1. The number of ether oxygens (including phenoxy) is 2. The summed E-state index contributed by atoms with van der Waals surface area (Å²) in [5.41, 5.74) is 5.02. The van der Waals surface area contributed by atoms with Gasteiger partial charge in [-0.2, -0.15) is 9.97 Å². The molecule has 0 aromatic carbocycles. The molecule has 2 aliphatic rings. The van der Waals surface area contributed by atoms with E-state index in [2.05, 4.69) is 15.0 Å². The van der Waals surface area contributed by atoms with Crippen LogP contribution < -0.4 is 10.5 Å². The van der Waals surface area contributed by atoms with E-state index in [0.717, 1.165) is 0 Å². The first-order chi connectivity index (χ1) is 11.9. The number of aromatic nitrogens is 4. The predicted molar refractivity (Wildman–Crippen MR) is 83.9 cm³/mol. The van der Waals surface area contributed by atoms with Crippen molar-refractivity contribution in [1.82, 2.24) is 19.5 Å². The molecule has 134 valence electrons. The van der Waals surface area contributed by atoms with Gasteiger partial charge in [-0.15, -0.1) is 9.05 Å². The van der Waals surface area contributed by atoms with Crippen molar-refractivity contribution in [2.45, 2.75) is 37.9 Å². The summed E-state index contributed by atoms with van der Waals surface area (Å²) in [5.74, 6) is 0.261. The van der Waals surface area contributed by atoms with Gasteiger partial charge < -0.3 is 20.3 Å². The number of rotatable bonds is 3. The van der Waals surface area contributed by atoms with Crippen LogP contribution in [0.4, 0.5) is 5.95 Å². The highest BCUT2D eigenvalue weighted by Gasteiger charge is 2.61. The van der Waals surface area contributed by atoms with E-state index in [9.17, 15) is 9.67 Å². The first-order valence-electron chi connectivity index (χ1n) is 7.69. The highest BCUT2D eigenvalue weighted by molar-refractivity contribution is 7.33. The summed E-state index contributed by atoms with van der Waals surface area (Å²) in [7, 11) is -2.29. The van der Waals surface area contributed by atoms with Crippen molar-refractivity contribution in [3.8, 4) is 5.88 Å². The topological polar surface area (TPSA) is 144 Å². The van der Waals surface area contributed by atoms with Gasteiger partial charge in [0.25, 0.3) is 0 Å². The number of aliphatic hydroxyl groups is 1. The minimum absolute atomic E-state index is 0.00965. The van der Waals surface area contributed by atoms with Crippen LogP contribution in [0.2, 0.25) is 0 Å². The number of fused-ring (bicyclic) bond motifs is 2. The summed E-state index contributed by atoms with van der Waals surface area (Å²) in [6.07, 6.45) is -0.812. The first kappa shape index (κ1) is 16.6. The maximum Gasteiger partial charge on any atom is 0.697 e. The summed E-state index contributed by atoms with van der Waals surface area (Å²) in [5, 5.41) is 11.0. The van der Waals surface area contributed by atoms with Gasteiger partial charge in [-0.3, -0.25) is 4.57 Å². The lowest BCUT2D eigenvalue weighted by Crippen LogP contribution is -2.46. The third-order valence-electron chi connectivity index (χ3n) is 4.20. The summed E-state index contributed by atoms with van der Waals surface area (Å²) in [6, 6.07) is 0. The van der Waals surface area contributed by atoms with Crippen LogP contribution in [0.15, 0.2) is 6.33 Å². The predicted octanol–water partition coefficient (Wildman–Crippen LogP) is 0.528. The zero-order chi connectivity index (χ0) is 17.8. The van der Waals surface area contributed by atoms with Gasteiger partial charge in [0.05, 0.1) is 12.9 Å². The third-order valence-corrected chi connectivity index (χ3v) is 4.96. The molecule has 0 radical (unpaired) electrons. The second-order valence-corrected chi connectivity index (χ2v) is 6.86. The molecule has 4 rings (SSSR count). The van der Waals surface area contributed by atoms with E-state index in [-0.39, 0.29) is 18.4 Å². The Hall–Kier alpha value is -1.91. The Morgan fingerprint density at radius 1 is 1.56 bits per heavy atom. The van der Waals surface area contributed by atoms with E-state index in [1.807, 2.05) is 6.92 Å². The summed E-state index contributed by atoms with van der Waals surface area (Å²) in [6.45, 7) is 3.80. The highest BCUT2D eigenvalue weighted by Crippen LogP contribution is 2.48. The van der Waals surface area contributed by atoms with Crippen molar-refractivity contribution in [3.63, 3.8) is 0 Å². The fraction of sp³-hybridized carbons (Fsp3) is 0.615. The normalized spacial score (nSPS) is 33.6. The van der Waals surface area contributed by atoms with E-state index in [1.54, 1.807) is 0 Å². The van der Waals surface area contributed by atoms with Crippen LogP contribution in [0, 0.1) is 0 Å². The summed E-state index contributed by atoms with van der Waals surface area (Å²) >= 11 is 0. The summed E-state index contributed by atoms with van der Waals surface area (Å²) < 4.78 is 34.6. The molecular formula is C13H17N5O6P+. The van der Waals surface area contributed by atoms with Crippen molar-refractivity contribution < 1.29 is 28.2 Å². The lowest BCUT2D eigenvalue weighted by molar-refractivity contribution is -0.0884. The second-order valence-electron chi connectivity index (χ2n) is 5.94. The van der Waals surface area contributed by atoms with Gasteiger partial charge in [0, 0.05) is 4.57 Å². The van der Waals surface area contributed by atoms with Crippen molar-refractivity contribution in [1.29, 1.82) is 0 Å². The van der Waals surface area contributed by atoms with Crippen LogP contribution >= 0.6 is 8.25 Å². The maximum absolute atomic E-state index is 11.5. The van der Waals surface area contributed by atoms with Crippen molar-refractivity contribution >= 4 is 25.4 Å². The average Bonchev–Trinajstić information content (AvgIpc) is 3.07.